The predicted molar refractivity (Wildman–Crippen MR) is 105 cm³/mol. The molecule has 0 saturated carbocycles. The second-order valence-corrected chi connectivity index (χ2v) is 7.52. The number of para-hydroxylation sites is 1. The SMILES string of the molecule is Cc1cc(NC(=O)c2cc(COc3ccccc3Cl)cs2)n(C(C)C)n1. The molecule has 3 rings (SSSR count). The number of ether oxygens (including phenoxy) is 1. The van der Waals surface area contributed by atoms with Crippen LogP contribution in [-0.2, 0) is 6.61 Å². The summed E-state index contributed by atoms with van der Waals surface area (Å²) in [5, 5.41) is 9.82. The fourth-order valence-corrected chi connectivity index (χ4v) is 3.46. The van der Waals surface area contributed by atoms with E-state index >= 15 is 0 Å². The molecular formula is C19H20ClN3O2S. The molecule has 0 aliphatic carbocycles. The molecule has 26 heavy (non-hydrogen) atoms. The molecule has 0 fully saturated rings. The molecular weight excluding hydrogens is 370 g/mol. The van der Waals surface area contributed by atoms with E-state index in [0.29, 0.717) is 28.1 Å². The van der Waals surface area contributed by atoms with Crippen molar-refractivity contribution in [2.45, 2.75) is 33.4 Å². The molecule has 0 bridgehead atoms. The van der Waals surface area contributed by atoms with Crippen molar-refractivity contribution in [1.29, 1.82) is 0 Å². The third kappa shape index (κ3) is 4.26. The third-order valence-corrected chi connectivity index (χ3v) is 4.99. The highest BCUT2D eigenvalue weighted by molar-refractivity contribution is 7.12. The summed E-state index contributed by atoms with van der Waals surface area (Å²) in [7, 11) is 0. The van der Waals surface area contributed by atoms with Crippen molar-refractivity contribution in [2.24, 2.45) is 0 Å². The van der Waals surface area contributed by atoms with Gasteiger partial charge in [0.25, 0.3) is 5.91 Å². The van der Waals surface area contributed by atoms with Gasteiger partial charge in [0.2, 0.25) is 0 Å². The molecule has 0 atom stereocenters. The molecule has 5 nitrogen and oxygen atoms in total. The molecule has 0 aliphatic rings. The highest BCUT2D eigenvalue weighted by atomic mass is 35.5. The number of aromatic nitrogens is 2. The van der Waals surface area contributed by atoms with E-state index in [9.17, 15) is 4.79 Å². The molecule has 136 valence electrons. The number of carbonyl (C=O) groups excluding carboxylic acids is 1. The van der Waals surface area contributed by atoms with Gasteiger partial charge in [-0.1, -0.05) is 23.7 Å². The third-order valence-electron chi connectivity index (χ3n) is 3.70. The van der Waals surface area contributed by atoms with Crippen LogP contribution in [0.15, 0.2) is 41.8 Å². The van der Waals surface area contributed by atoms with Crippen molar-refractivity contribution in [3.05, 3.63) is 62.9 Å². The Labute approximate surface area is 161 Å². The van der Waals surface area contributed by atoms with Crippen molar-refractivity contribution >= 4 is 34.7 Å². The second-order valence-electron chi connectivity index (χ2n) is 6.20. The van der Waals surface area contributed by atoms with E-state index in [1.165, 1.54) is 11.3 Å². The first-order valence-corrected chi connectivity index (χ1v) is 9.52. The molecule has 0 aliphatic heterocycles. The maximum absolute atomic E-state index is 12.5. The first kappa shape index (κ1) is 18.5. The van der Waals surface area contributed by atoms with Crippen LogP contribution in [-0.4, -0.2) is 15.7 Å². The molecule has 1 N–H and O–H groups in total. The first-order chi connectivity index (χ1) is 12.4. The van der Waals surface area contributed by atoms with Crippen LogP contribution in [0, 0.1) is 6.92 Å². The molecule has 0 spiro atoms. The Balaban J connectivity index is 1.66. The molecule has 1 amide bonds. The van der Waals surface area contributed by atoms with Crippen LogP contribution in [0.3, 0.4) is 0 Å². The van der Waals surface area contributed by atoms with Crippen LogP contribution in [0.1, 0.15) is 40.8 Å². The van der Waals surface area contributed by atoms with E-state index in [4.69, 9.17) is 16.3 Å². The van der Waals surface area contributed by atoms with Crippen molar-refractivity contribution in [3.8, 4) is 5.75 Å². The number of hydrogen-bond acceptors (Lipinski definition) is 4. The quantitative estimate of drug-likeness (QED) is 0.620. The number of rotatable bonds is 6. The van der Waals surface area contributed by atoms with Gasteiger partial charge in [0.1, 0.15) is 18.2 Å². The molecule has 2 heterocycles. The van der Waals surface area contributed by atoms with Crippen LogP contribution in [0.4, 0.5) is 5.82 Å². The van der Waals surface area contributed by atoms with Crippen molar-refractivity contribution in [2.75, 3.05) is 5.32 Å². The van der Waals surface area contributed by atoms with Gasteiger partial charge in [-0.05, 0) is 44.4 Å². The average molecular weight is 390 g/mol. The Morgan fingerprint density at radius 3 is 2.85 bits per heavy atom. The zero-order valence-electron chi connectivity index (χ0n) is 14.8. The van der Waals surface area contributed by atoms with Gasteiger partial charge in [0.05, 0.1) is 15.6 Å². The average Bonchev–Trinajstić information content (AvgIpc) is 3.21. The van der Waals surface area contributed by atoms with Gasteiger partial charge < -0.3 is 10.1 Å². The van der Waals surface area contributed by atoms with Crippen molar-refractivity contribution in [1.82, 2.24) is 9.78 Å². The van der Waals surface area contributed by atoms with Gasteiger partial charge in [-0.15, -0.1) is 11.3 Å². The van der Waals surface area contributed by atoms with Crippen molar-refractivity contribution in [3.63, 3.8) is 0 Å². The zero-order chi connectivity index (χ0) is 18.7. The van der Waals surface area contributed by atoms with Crippen molar-refractivity contribution < 1.29 is 9.53 Å². The monoisotopic (exact) mass is 389 g/mol. The van der Waals surface area contributed by atoms with Crippen LogP contribution in [0.25, 0.3) is 0 Å². The predicted octanol–water partition coefficient (Wildman–Crippen LogP) is 5.32. The Bertz CT molecular complexity index is 917. The lowest BCUT2D eigenvalue weighted by Crippen LogP contribution is -2.15. The summed E-state index contributed by atoms with van der Waals surface area (Å²) in [4.78, 5) is 13.2. The maximum atomic E-state index is 12.5. The van der Waals surface area contributed by atoms with E-state index in [-0.39, 0.29) is 11.9 Å². The lowest BCUT2D eigenvalue weighted by molar-refractivity contribution is 0.102. The van der Waals surface area contributed by atoms with Gasteiger partial charge in [-0.2, -0.15) is 5.10 Å². The molecule has 0 unspecified atom stereocenters. The lowest BCUT2D eigenvalue weighted by atomic mass is 10.3. The van der Waals surface area contributed by atoms with Gasteiger partial charge in [-0.25, -0.2) is 4.68 Å². The molecule has 1 aromatic carbocycles. The highest BCUT2D eigenvalue weighted by Crippen LogP contribution is 2.25. The standard InChI is InChI=1S/C19H20ClN3O2S/c1-12(2)23-18(8-13(3)22-23)21-19(24)17-9-14(11-26-17)10-25-16-7-5-4-6-15(16)20/h4-9,11-12H,10H2,1-3H3,(H,21,24). The van der Waals surface area contributed by atoms with Crippen LogP contribution < -0.4 is 10.1 Å². The van der Waals surface area contributed by atoms with E-state index in [1.54, 1.807) is 6.07 Å². The number of nitrogens with one attached hydrogen (secondary N) is 1. The summed E-state index contributed by atoms with van der Waals surface area (Å²) >= 11 is 7.47. The lowest BCUT2D eigenvalue weighted by Gasteiger charge is -2.11. The van der Waals surface area contributed by atoms with Crippen LogP contribution >= 0.6 is 22.9 Å². The summed E-state index contributed by atoms with van der Waals surface area (Å²) in [5.41, 5.74) is 1.79. The molecule has 0 radical (unpaired) electrons. The number of carbonyl (C=O) groups is 1. The molecule has 7 heteroatoms. The normalized spacial score (nSPS) is 11.0. The Morgan fingerprint density at radius 1 is 1.35 bits per heavy atom. The Kier molecular flexibility index (Phi) is 5.64. The Morgan fingerprint density at radius 2 is 2.12 bits per heavy atom. The molecule has 0 saturated heterocycles. The van der Waals surface area contributed by atoms with E-state index in [0.717, 1.165) is 11.3 Å². The molecule has 3 aromatic rings. The van der Waals surface area contributed by atoms with Gasteiger partial charge in [0.15, 0.2) is 0 Å². The summed E-state index contributed by atoms with van der Waals surface area (Å²) < 4.78 is 7.52. The summed E-state index contributed by atoms with van der Waals surface area (Å²) in [6.07, 6.45) is 0. The highest BCUT2D eigenvalue weighted by Gasteiger charge is 2.15. The number of anilines is 1. The second kappa shape index (κ2) is 7.93. The van der Waals surface area contributed by atoms with Crippen LogP contribution in [0.5, 0.6) is 5.75 Å². The maximum Gasteiger partial charge on any atom is 0.266 e. The van der Waals surface area contributed by atoms with Gasteiger partial charge in [0, 0.05) is 17.7 Å². The largest absolute Gasteiger partial charge is 0.487 e. The number of halogens is 1. The van der Waals surface area contributed by atoms with Crippen LogP contribution in [0.2, 0.25) is 5.02 Å². The smallest absolute Gasteiger partial charge is 0.266 e. The number of nitrogens with zero attached hydrogens (tertiary/aromatic N) is 2. The number of aryl methyl sites for hydroxylation is 1. The summed E-state index contributed by atoms with van der Waals surface area (Å²) in [6.45, 7) is 6.31. The molecule has 2 aromatic heterocycles. The number of hydrogen-bond donors (Lipinski definition) is 1. The zero-order valence-corrected chi connectivity index (χ0v) is 16.4. The van der Waals surface area contributed by atoms with E-state index in [1.807, 2.05) is 61.2 Å². The number of thiophene rings is 1. The van der Waals surface area contributed by atoms with E-state index in [2.05, 4.69) is 10.4 Å². The number of benzene rings is 1. The first-order valence-electron chi connectivity index (χ1n) is 8.26. The topological polar surface area (TPSA) is 56.1 Å². The Hall–Kier alpha value is -2.31. The fraction of sp³-hybridized carbons (Fsp3) is 0.263. The minimum absolute atomic E-state index is 0.152. The van der Waals surface area contributed by atoms with E-state index < -0.39 is 0 Å². The number of amides is 1. The van der Waals surface area contributed by atoms with Gasteiger partial charge >= 0.3 is 0 Å². The van der Waals surface area contributed by atoms with Gasteiger partial charge in [-0.3, -0.25) is 4.79 Å². The summed E-state index contributed by atoms with van der Waals surface area (Å²) in [5.74, 6) is 1.17. The summed E-state index contributed by atoms with van der Waals surface area (Å²) in [6, 6.07) is 11.2. The fourth-order valence-electron chi connectivity index (χ4n) is 2.47. The minimum Gasteiger partial charge on any atom is -0.487 e. The minimum atomic E-state index is -0.152.